The molecule has 1 aromatic carbocycles. The van der Waals surface area contributed by atoms with E-state index in [4.69, 9.17) is 26.8 Å². The molecule has 0 bridgehead atoms. The molecule has 3 heterocycles. The summed E-state index contributed by atoms with van der Waals surface area (Å²) in [5.74, 6) is -2.84. The number of aliphatic imine (C=N–C) groups is 1. The Labute approximate surface area is 147 Å². The minimum atomic E-state index is -3.21. The Morgan fingerprint density at radius 1 is 1.12 bits per heavy atom. The van der Waals surface area contributed by atoms with Crippen LogP contribution in [0.15, 0.2) is 41.7 Å². The standard InChI is InChI=1S/C17H14ClF2N3O2/c18-12-5-11(7-22-8-12)10-1-2-14-13(6-10)16(3-4-24-14)17(19,20)9-25-15(21)23-16/h1-2,5-8H,3-4,9H2,(H2,21,23). The third kappa shape index (κ3) is 2.50. The SMILES string of the molecule is NC1=NC2(CCOc3ccc(-c4cncc(Cl)c4)cc32)C(F)(F)CO1. The number of ether oxygens (including phenoxy) is 2. The molecular weight excluding hydrogens is 352 g/mol. The number of rotatable bonds is 1. The smallest absolute Gasteiger partial charge is 0.310 e. The Bertz CT molecular complexity index is 875. The van der Waals surface area contributed by atoms with Gasteiger partial charge in [0.2, 0.25) is 0 Å². The summed E-state index contributed by atoms with van der Waals surface area (Å²) in [5, 5.41) is 0.458. The van der Waals surface area contributed by atoms with E-state index < -0.39 is 18.1 Å². The van der Waals surface area contributed by atoms with E-state index in [1.54, 1.807) is 30.5 Å². The predicted octanol–water partition coefficient (Wildman–Crippen LogP) is 3.36. The van der Waals surface area contributed by atoms with Gasteiger partial charge in [-0.25, -0.2) is 4.99 Å². The lowest BCUT2D eigenvalue weighted by Crippen LogP contribution is -2.54. The number of fused-ring (bicyclic) bond motifs is 2. The normalized spacial score (nSPS) is 24.0. The van der Waals surface area contributed by atoms with Gasteiger partial charge in [-0.05, 0) is 23.8 Å². The first-order valence-corrected chi connectivity index (χ1v) is 8.03. The Kier molecular flexibility index (Phi) is 3.57. The highest BCUT2D eigenvalue weighted by Gasteiger charge is 2.60. The number of aromatic nitrogens is 1. The van der Waals surface area contributed by atoms with Crippen molar-refractivity contribution < 1.29 is 18.3 Å². The van der Waals surface area contributed by atoms with E-state index >= 15 is 0 Å². The molecule has 4 rings (SSSR count). The summed E-state index contributed by atoms with van der Waals surface area (Å²) in [6.07, 6.45) is 3.13. The number of alkyl halides is 2. The molecular formula is C17H14ClF2N3O2. The van der Waals surface area contributed by atoms with Crippen LogP contribution in [0.4, 0.5) is 8.78 Å². The van der Waals surface area contributed by atoms with E-state index in [9.17, 15) is 8.78 Å². The van der Waals surface area contributed by atoms with E-state index in [-0.39, 0.29) is 24.6 Å². The minimum Gasteiger partial charge on any atom is -0.493 e. The van der Waals surface area contributed by atoms with Gasteiger partial charge in [-0.15, -0.1) is 0 Å². The van der Waals surface area contributed by atoms with Crippen molar-refractivity contribution in [2.45, 2.75) is 17.9 Å². The van der Waals surface area contributed by atoms with Gasteiger partial charge in [0.15, 0.2) is 12.1 Å². The summed E-state index contributed by atoms with van der Waals surface area (Å²) in [4.78, 5) is 8.06. The van der Waals surface area contributed by atoms with Gasteiger partial charge < -0.3 is 15.2 Å². The second kappa shape index (κ2) is 5.56. The Morgan fingerprint density at radius 2 is 1.96 bits per heavy atom. The van der Waals surface area contributed by atoms with Crippen LogP contribution in [0.2, 0.25) is 5.02 Å². The van der Waals surface area contributed by atoms with Crippen molar-refractivity contribution in [3.8, 4) is 16.9 Å². The number of hydrogen-bond donors (Lipinski definition) is 1. The molecule has 1 spiro atoms. The topological polar surface area (TPSA) is 69.7 Å². The minimum absolute atomic E-state index is 0.00824. The fourth-order valence-electron chi connectivity index (χ4n) is 3.25. The number of amidine groups is 1. The highest BCUT2D eigenvalue weighted by Crippen LogP contribution is 2.52. The average Bonchev–Trinajstić information content (AvgIpc) is 2.59. The lowest BCUT2D eigenvalue weighted by atomic mass is 9.78. The highest BCUT2D eigenvalue weighted by molar-refractivity contribution is 6.30. The van der Waals surface area contributed by atoms with Crippen LogP contribution in [0, 0.1) is 0 Å². The van der Waals surface area contributed by atoms with Crippen molar-refractivity contribution in [2.75, 3.05) is 13.2 Å². The van der Waals surface area contributed by atoms with E-state index in [1.807, 2.05) is 0 Å². The van der Waals surface area contributed by atoms with Gasteiger partial charge >= 0.3 is 5.92 Å². The van der Waals surface area contributed by atoms with Crippen molar-refractivity contribution in [2.24, 2.45) is 10.7 Å². The van der Waals surface area contributed by atoms with Crippen molar-refractivity contribution in [1.29, 1.82) is 0 Å². The predicted molar refractivity (Wildman–Crippen MR) is 89.0 cm³/mol. The number of pyridine rings is 1. The Balaban J connectivity index is 1.91. The van der Waals surface area contributed by atoms with Crippen LogP contribution in [-0.2, 0) is 10.3 Å². The highest BCUT2D eigenvalue weighted by atomic mass is 35.5. The largest absolute Gasteiger partial charge is 0.493 e. The maximum atomic E-state index is 14.8. The van der Waals surface area contributed by atoms with E-state index in [0.717, 1.165) is 0 Å². The lowest BCUT2D eigenvalue weighted by Gasteiger charge is -2.43. The third-order valence-electron chi connectivity index (χ3n) is 4.49. The molecule has 1 unspecified atom stereocenters. The molecule has 0 radical (unpaired) electrons. The molecule has 1 atom stereocenters. The van der Waals surface area contributed by atoms with Crippen LogP contribution in [-0.4, -0.2) is 30.1 Å². The number of hydrogen-bond acceptors (Lipinski definition) is 5. The van der Waals surface area contributed by atoms with Crippen molar-refractivity contribution in [1.82, 2.24) is 4.98 Å². The van der Waals surface area contributed by atoms with E-state index in [0.29, 0.717) is 21.9 Å². The second-order valence-corrected chi connectivity index (χ2v) is 6.44. The van der Waals surface area contributed by atoms with Crippen molar-refractivity contribution in [3.63, 3.8) is 0 Å². The molecule has 2 aromatic rings. The molecule has 25 heavy (non-hydrogen) atoms. The molecule has 1 aromatic heterocycles. The van der Waals surface area contributed by atoms with Gasteiger partial charge in [0.05, 0.1) is 11.6 Å². The molecule has 0 saturated heterocycles. The van der Waals surface area contributed by atoms with Crippen LogP contribution in [0.1, 0.15) is 12.0 Å². The summed E-state index contributed by atoms with van der Waals surface area (Å²) < 4.78 is 40.0. The number of benzene rings is 1. The summed E-state index contributed by atoms with van der Waals surface area (Å²) in [6, 6.07) is 6.54. The molecule has 2 N–H and O–H groups in total. The molecule has 2 aliphatic heterocycles. The lowest BCUT2D eigenvalue weighted by molar-refractivity contribution is -0.132. The maximum absolute atomic E-state index is 14.8. The fraction of sp³-hybridized carbons (Fsp3) is 0.294. The van der Waals surface area contributed by atoms with Crippen LogP contribution in [0.3, 0.4) is 0 Å². The Hall–Kier alpha value is -2.41. The zero-order valence-electron chi connectivity index (χ0n) is 13.0. The van der Waals surface area contributed by atoms with Crippen LogP contribution in [0.25, 0.3) is 11.1 Å². The van der Waals surface area contributed by atoms with Crippen molar-refractivity contribution in [3.05, 3.63) is 47.2 Å². The molecule has 130 valence electrons. The fourth-order valence-corrected chi connectivity index (χ4v) is 3.43. The number of nitrogens with two attached hydrogens (primary N) is 1. The van der Waals surface area contributed by atoms with Gasteiger partial charge in [0, 0.05) is 29.9 Å². The molecule has 5 nitrogen and oxygen atoms in total. The third-order valence-corrected chi connectivity index (χ3v) is 4.70. The van der Waals surface area contributed by atoms with Gasteiger partial charge in [-0.2, -0.15) is 8.78 Å². The quantitative estimate of drug-likeness (QED) is 0.841. The summed E-state index contributed by atoms with van der Waals surface area (Å²) in [7, 11) is 0. The average molecular weight is 366 g/mol. The van der Waals surface area contributed by atoms with Gasteiger partial charge in [0.25, 0.3) is 6.02 Å². The zero-order valence-corrected chi connectivity index (χ0v) is 13.8. The van der Waals surface area contributed by atoms with Gasteiger partial charge in [-0.1, -0.05) is 17.7 Å². The first-order chi connectivity index (χ1) is 11.9. The number of halogens is 3. The summed E-state index contributed by atoms with van der Waals surface area (Å²) in [5.41, 5.74) is 5.50. The molecule has 0 fully saturated rings. The molecule has 0 saturated carbocycles. The maximum Gasteiger partial charge on any atom is 0.310 e. The van der Waals surface area contributed by atoms with E-state index in [1.165, 1.54) is 6.20 Å². The van der Waals surface area contributed by atoms with Gasteiger partial charge in [-0.3, -0.25) is 4.98 Å². The van der Waals surface area contributed by atoms with Crippen molar-refractivity contribution >= 4 is 17.6 Å². The zero-order chi connectivity index (χ0) is 17.7. The molecule has 2 aliphatic rings. The molecule has 0 amide bonds. The molecule has 0 aliphatic carbocycles. The second-order valence-electron chi connectivity index (χ2n) is 6.00. The van der Waals surface area contributed by atoms with Crippen LogP contribution in [0.5, 0.6) is 5.75 Å². The summed E-state index contributed by atoms with van der Waals surface area (Å²) >= 11 is 5.98. The summed E-state index contributed by atoms with van der Waals surface area (Å²) in [6.45, 7) is -0.692. The number of nitrogens with zero attached hydrogens (tertiary/aromatic N) is 2. The Morgan fingerprint density at radius 3 is 2.76 bits per heavy atom. The first kappa shape index (κ1) is 16.1. The van der Waals surface area contributed by atoms with Crippen LogP contribution >= 0.6 is 11.6 Å². The monoisotopic (exact) mass is 365 g/mol. The molecule has 8 heteroatoms. The van der Waals surface area contributed by atoms with Gasteiger partial charge in [0.1, 0.15) is 5.75 Å². The van der Waals surface area contributed by atoms with E-state index in [2.05, 4.69) is 9.98 Å². The first-order valence-electron chi connectivity index (χ1n) is 7.65. The van der Waals surface area contributed by atoms with Crippen LogP contribution < -0.4 is 10.5 Å².